The first-order valence-electron chi connectivity index (χ1n) is 7.13. The van der Waals surface area contributed by atoms with Crippen molar-refractivity contribution in [3.8, 4) is 5.75 Å². The van der Waals surface area contributed by atoms with Gasteiger partial charge in [0.1, 0.15) is 5.75 Å². The predicted molar refractivity (Wildman–Crippen MR) is 77.7 cm³/mol. The molecule has 1 aliphatic heterocycles. The number of methoxy groups -OCH3 is 1. The van der Waals surface area contributed by atoms with Crippen LogP contribution in [0.25, 0.3) is 10.4 Å². The number of unbranched alkanes of at least 4 members (excludes halogenated alkanes) is 1. The molecule has 1 aromatic carbocycles. The van der Waals surface area contributed by atoms with E-state index in [2.05, 4.69) is 22.2 Å². The first-order valence-corrected chi connectivity index (χ1v) is 7.13. The van der Waals surface area contributed by atoms with Crippen LogP contribution >= 0.6 is 0 Å². The molecule has 2 atom stereocenters. The number of benzene rings is 1. The molecule has 1 saturated heterocycles. The van der Waals surface area contributed by atoms with Gasteiger partial charge < -0.3 is 9.47 Å². The lowest BCUT2D eigenvalue weighted by Crippen LogP contribution is -2.06. The molecule has 0 N–H and O–H groups in total. The minimum absolute atomic E-state index is 0.211. The van der Waals surface area contributed by atoms with Gasteiger partial charge in [-0.25, -0.2) is 0 Å². The molecule has 5 heteroatoms. The monoisotopic (exact) mass is 275 g/mol. The molecule has 0 saturated carbocycles. The van der Waals surface area contributed by atoms with E-state index in [1.54, 1.807) is 7.11 Å². The van der Waals surface area contributed by atoms with Gasteiger partial charge in [0.15, 0.2) is 0 Å². The third-order valence-electron chi connectivity index (χ3n) is 3.69. The molecule has 0 bridgehead atoms. The van der Waals surface area contributed by atoms with Crippen LogP contribution in [0.2, 0.25) is 0 Å². The molecule has 0 radical (unpaired) electrons. The number of ether oxygens (including phenoxy) is 2. The van der Waals surface area contributed by atoms with E-state index < -0.39 is 0 Å². The molecule has 0 amide bonds. The van der Waals surface area contributed by atoms with E-state index in [-0.39, 0.29) is 6.10 Å². The third kappa shape index (κ3) is 4.15. The van der Waals surface area contributed by atoms with Gasteiger partial charge in [0, 0.05) is 11.5 Å². The Morgan fingerprint density at radius 1 is 1.30 bits per heavy atom. The van der Waals surface area contributed by atoms with Crippen molar-refractivity contribution in [2.24, 2.45) is 5.11 Å². The summed E-state index contributed by atoms with van der Waals surface area (Å²) < 4.78 is 11.2. The van der Waals surface area contributed by atoms with E-state index in [0.717, 1.165) is 37.9 Å². The maximum absolute atomic E-state index is 8.20. The maximum Gasteiger partial charge on any atom is 0.118 e. The SMILES string of the molecule is COc1ccc(C2CC[C@@H](CCCCN=[N+]=[N-])O2)cc1. The van der Waals surface area contributed by atoms with Gasteiger partial charge in [0.05, 0.1) is 19.3 Å². The van der Waals surface area contributed by atoms with E-state index in [4.69, 9.17) is 15.0 Å². The lowest BCUT2D eigenvalue weighted by molar-refractivity contribution is 0.0387. The van der Waals surface area contributed by atoms with Crippen molar-refractivity contribution >= 4 is 0 Å². The second kappa shape index (κ2) is 7.78. The van der Waals surface area contributed by atoms with Crippen LogP contribution in [0.15, 0.2) is 29.4 Å². The molecule has 5 nitrogen and oxygen atoms in total. The highest BCUT2D eigenvalue weighted by molar-refractivity contribution is 5.28. The topological polar surface area (TPSA) is 67.2 Å². The molecule has 20 heavy (non-hydrogen) atoms. The fourth-order valence-electron chi connectivity index (χ4n) is 2.58. The first-order chi connectivity index (χ1) is 9.83. The van der Waals surface area contributed by atoms with Crippen molar-refractivity contribution in [1.29, 1.82) is 0 Å². The fraction of sp³-hybridized carbons (Fsp3) is 0.600. The Morgan fingerprint density at radius 3 is 2.80 bits per heavy atom. The van der Waals surface area contributed by atoms with Crippen molar-refractivity contribution in [3.63, 3.8) is 0 Å². The lowest BCUT2D eigenvalue weighted by Gasteiger charge is -2.14. The molecule has 0 aromatic heterocycles. The Labute approximate surface area is 119 Å². The summed E-state index contributed by atoms with van der Waals surface area (Å²) in [6.45, 7) is 0.588. The molecule has 0 aliphatic carbocycles. The number of nitrogens with zero attached hydrogens (tertiary/aromatic N) is 3. The zero-order valence-corrected chi connectivity index (χ0v) is 11.9. The van der Waals surface area contributed by atoms with Crippen LogP contribution in [0, 0.1) is 0 Å². The van der Waals surface area contributed by atoms with E-state index in [0.29, 0.717) is 12.6 Å². The van der Waals surface area contributed by atoms with Crippen molar-refractivity contribution in [2.45, 2.75) is 44.3 Å². The van der Waals surface area contributed by atoms with Gasteiger partial charge in [-0.15, -0.1) is 0 Å². The summed E-state index contributed by atoms with van der Waals surface area (Å²) in [6.07, 6.45) is 5.78. The van der Waals surface area contributed by atoms with E-state index in [1.807, 2.05) is 12.1 Å². The molecule has 1 fully saturated rings. The highest BCUT2D eigenvalue weighted by atomic mass is 16.5. The molecule has 0 spiro atoms. The molecule has 108 valence electrons. The van der Waals surface area contributed by atoms with Crippen LogP contribution in [0.3, 0.4) is 0 Å². The second-order valence-electron chi connectivity index (χ2n) is 5.05. The molecule has 1 aromatic rings. The van der Waals surface area contributed by atoms with Crippen molar-refractivity contribution in [3.05, 3.63) is 40.3 Å². The quantitative estimate of drug-likeness (QED) is 0.320. The Bertz CT molecular complexity index is 455. The zero-order valence-electron chi connectivity index (χ0n) is 11.9. The van der Waals surface area contributed by atoms with Crippen LogP contribution in [0.4, 0.5) is 0 Å². The first kappa shape index (κ1) is 14.7. The molecule has 1 aliphatic rings. The highest BCUT2D eigenvalue weighted by Crippen LogP contribution is 2.35. The van der Waals surface area contributed by atoms with Gasteiger partial charge in [-0.05, 0) is 48.9 Å². The summed E-state index contributed by atoms with van der Waals surface area (Å²) in [4.78, 5) is 2.75. The van der Waals surface area contributed by atoms with Gasteiger partial charge in [-0.2, -0.15) is 0 Å². The zero-order chi connectivity index (χ0) is 14.2. The van der Waals surface area contributed by atoms with Crippen LogP contribution in [0.5, 0.6) is 5.75 Å². The largest absolute Gasteiger partial charge is 0.497 e. The molecular weight excluding hydrogens is 254 g/mol. The number of hydrogen-bond acceptors (Lipinski definition) is 3. The summed E-state index contributed by atoms with van der Waals surface area (Å²) in [5.41, 5.74) is 9.42. The third-order valence-corrected chi connectivity index (χ3v) is 3.69. The maximum atomic E-state index is 8.20. The highest BCUT2D eigenvalue weighted by Gasteiger charge is 2.25. The summed E-state index contributed by atoms with van der Waals surface area (Å²) in [5.74, 6) is 0.876. The fourth-order valence-corrected chi connectivity index (χ4v) is 2.58. The Balaban J connectivity index is 1.75. The standard InChI is InChI=1S/C15H21N3O2/c1-19-13-7-5-12(6-8-13)15-10-9-14(20-15)4-2-3-11-17-18-16/h5-8,14-15H,2-4,9-11H2,1H3/t14-,15?/m1/s1. The van der Waals surface area contributed by atoms with Gasteiger partial charge in [0.2, 0.25) is 0 Å². The van der Waals surface area contributed by atoms with E-state index >= 15 is 0 Å². The molecule has 1 unspecified atom stereocenters. The minimum Gasteiger partial charge on any atom is -0.497 e. The minimum atomic E-state index is 0.211. The molecule has 2 rings (SSSR count). The Morgan fingerprint density at radius 2 is 2.10 bits per heavy atom. The number of azide groups is 1. The summed E-state index contributed by atoms with van der Waals surface area (Å²) in [7, 11) is 1.67. The van der Waals surface area contributed by atoms with Crippen LogP contribution in [-0.4, -0.2) is 19.8 Å². The Kier molecular flexibility index (Phi) is 5.71. The predicted octanol–water partition coefficient (Wildman–Crippen LogP) is 4.40. The van der Waals surface area contributed by atoms with E-state index in [9.17, 15) is 0 Å². The van der Waals surface area contributed by atoms with E-state index in [1.165, 1.54) is 5.56 Å². The summed E-state index contributed by atoms with van der Waals surface area (Å²) >= 11 is 0. The van der Waals surface area contributed by atoms with Gasteiger partial charge in [-0.1, -0.05) is 23.7 Å². The second-order valence-corrected chi connectivity index (χ2v) is 5.05. The summed E-state index contributed by atoms with van der Waals surface area (Å²) in [5, 5.41) is 3.54. The smallest absolute Gasteiger partial charge is 0.118 e. The van der Waals surface area contributed by atoms with Crippen molar-refractivity contribution in [2.75, 3.05) is 13.7 Å². The van der Waals surface area contributed by atoms with Gasteiger partial charge in [-0.3, -0.25) is 0 Å². The molecular formula is C15H21N3O2. The summed E-state index contributed by atoms with van der Waals surface area (Å²) in [6, 6.07) is 8.11. The average Bonchev–Trinajstić information content (AvgIpc) is 2.96. The molecule has 1 heterocycles. The van der Waals surface area contributed by atoms with Gasteiger partial charge in [0.25, 0.3) is 0 Å². The van der Waals surface area contributed by atoms with Crippen LogP contribution in [-0.2, 0) is 4.74 Å². The lowest BCUT2D eigenvalue weighted by atomic mass is 10.0. The number of hydrogen-bond donors (Lipinski definition) is 0. The Hall–Kier alpha value is -1.71. The average molecular weight is 275 g/mol. The van der Waals surface area contributed by atoms with Crippen LogP contribution in [0.1, 0.15) is 43.8 Å². The van der Waals surface area contributed by atoms with Gasteiger partial charge >= 0.3 is 0 Å². The van der Waals surface area contributed by atoms with Crippen LogP contribution < -0.4 is 4.74 Å². The van der Waals surface area contributed by atoms with Crippen molar-refractivity contribution < 1.29 is 9.47 Å². The van der Waals surface area contributed by atoms with Crippen molar-refractivity contribution in [1.82, 2.24) is 0 Å². The normalized spacial score (nSPS) is 21.4. The number of rotatable bonds is 7.